The zero-order chi connectivity index (χ0) is 17.0. The minimum atomic E-state index is -0.455. The fourth-order valence-corrected chi connectivity index (χ4v) is 3.07. The Kier molecular flexibility index (Phi) is 5.93. The van der Waals surface area contributed by atoms with Crippen molar-refractivity contribution in [1.82, 2.24) is 10.6 Å². The largest absolute Gasteiger partial charge is 0.444 e. The van der Waals surface area contributed by atoms with Gasteiger partial charge in [0.05, 0.1) is 0 Å². The summed E-state index contributed by atoms with van der Waals surface area (Å²) in [5.74, 6) is 0. The fourth-order valence-electron chi connectivity index (χ4n) is 2.94. The van der Waals surface area contributed by atoms with Gasteiger partial charge in [-0.15, -0.1) is 0 Å². The molecule has 0 spiro atoms. The zero-order valence-corrected chi connectivity index (χ0v) is 15.1. The first kappa shape index (κ1) is 18.1. The van der Waals surface area contributed by atoms with E-state index in [2.05, 4.69) is 17.6 Å². The van der Waals surface area contributed by atoms with E-state index in [0.29, 0.717) is 6.04 Å². The molecule has 0 heterocycles. The van der Waals surface area contributed by atoms with Gasteiger partial charge in [-0.05, 0) is 64.7 Å². The number of carbonyl (C=O) groups is 1. The number of rotatable bonds is 4. The summed E-state index contributed by atoms with van der Waals surface area (Å²) in [7, 11) is 0. The summed E-state index contributed by atoms with van der Waals surface area (Å²) in [4.78, 5) is 11.8. The van der Waals surface area contributed by atoms with Gasteiger partial charge in [0.25, 0.3) is 0 Å². The normalized spacial score (nSPS) is 22.7. The van der Waals surface area contributed by atoms with Gasteiger partial charge in [0.2, 0.25) is 0 Å². The van der Waals surface area contributed by atoms with Crippen LogP contribution in [0.3, 0.4) is 0 Å². The van der Waals surface area contributed by atoms with Crippen LogP contribution < -0.4 is 10.6 Å². The van der Waals surface area contributed by atoms with Crippen molar-refractivity contribution in [2.75, 3.05) is 0 Å². The average molecular weight is 339 g/mol. The Balaban J connectivity index is 1.79. The van der Waals surface area contributed by atoms with E-state index < -0.39 is 5.60 Å². The molecule has 3 unspecified atom stereocenters. The van der Waals surface area contributed by atoms with E-state index >= 15 is 0 Å². The van der Waals surface area contributed by atoms with Gasteiger partial charge < -0.3 is 15.4 Å². The van der Waals surface area contributed by atoms with Gasteiger partial charge in [0.15, 0.2) is 0 Å². The molecule has 4 nitrogen and oxygen atoms in total. The van der Waals surface area contributed by atoms with Gasteiger partial charge in [-0.25, -0.2) is 4.79 Å². The second kappa shape index (κ2) is 7.54. The first-order valence-corrected chi connectivity index (χ1v) is 8.62. The van der Waals surface area contributed by atoms with E-state index in [-0.39, 0.29) is 18.2 Å². The molecule has 1 aliphatic carbocycles. The molecule has 1 saturated carbocycles. The smallest absolute Gasteiger partial charge is 0.407 e. The molecule has 2 rings (SSSR count). The van der Waals surface area contributed by atoms with Gasteiger partial charge in [-0.2, -0.15) is 0 Å². The fraction of sp³-hybridized carbons (Fsp3) is 0.611. The molecule has 0 saturated heterocycles. The molecule has 23 heavy (non-hydrogen) atoms. The summed E-state index contributed by atoms with van der Waals surface area (Å²) < 4.78 is 5.31. The maximum atomic E-state index is 11.8. The Hall–Kier alpha value is -1.26. The first-order chi connectivity index (χ1) is 10.7. The van der Waals surface area contributed by atoms with Crippen LogP contribution in [0.15, 0.2) is 24.3 Å². The lowest BCUT2D eigenvalue weighted by molar-refractivity contribution is 0.0505. The first-order valence-electron chi connectivity index (χ1n) is 8.24. The molecule has 5 heteroatoms. The average Bonchev–Trinajstić information content (AvgIpc) is 2.84. The highest BCUT2D eigenvalue weighted by atomic mass is 35.5. The molecule has 1 amide bonds. The molecule has 1 fully saturated rings. The topological polar surface area (TPSA) is 50.4 Å². The number of hydrogen-bond donors (Lipinski definition) is 2. The van der Waals surface area contributed by atoms with Crippen LogP contribution in [0.1, 0.15) is 58.6 Å². The van der Waals surface area contributed by atoms with Crippen molar-refractivity contribution < 1.29 is 9.53 Å². The lowest BCUT2D eigenvalue weighted by atomic mass is 10.1. The lowest BCUT2D eigenvalue weighted by Gasteiger charge is -2.22. The van der Waals surface area contributed by atoms with E-state index in [9.17, 15) is 4.79 Å². The number of halogens is 1. The van der Waals surface area contributed by atoms with E-state index in [0.717, 1.165) is 24.3 Å². The molecule has 1 aromatic carbocycles. The number of nitrogens with one attached hydrogen (secondary N) is 2. The van der Waals surface area contributed by atoms with E-state index in [1.54, 1.807) is 0 Å². The SMILES string of the molecule is CC(NC1CCC(NC(=O)OC(C)(C)C)C1)c1ccc(Cl)cc1. The third-order valence-corrected chi connectivity index (χ3v) is 4.26. The minimum Gasteiger partial charge on any atom is -0.444 e. The van der Waals surface area contributed by atoms with Crippen LogP contribution in [0.25, 0.3) is 0 Å². The van der Waals surface area contributed by atoms with Crippen LogP contribution in [-0.4, -0.2) is 23.8 Å². The van der Waals surface area contributed by atoms with E-state index in [1.807, 2.05) is 45.0 Å². The van der Waals surface area contributed by atoms with Crippen LogP contribution in [0, 0.1) is 0 Å². The highest BCUT2D eigenvalue weighted by Gasteiger charge is 2.28. The molecular formula is C18H27ClN2O2. The molecule has 3 atom stereocenters. The molecule has 1 aliphatic rings. The third-order valence-electron chi connectivity index (χ3n) is 4.01. The predicted octanol–water partition coefficient (Wildman–Crippen LogP) is 4.44. The van der Waals surface area contributed by atoms with Crippen LogP contribution in [0.2, 0.25) is 5.02 Å². The highest BCUT2D eigenvalue weighted by Crippen LogP contribution is 2.24. The molecule has 128 valence electrons. The maximum Gasteiger partial charge on any atom is 0.407 e. The van der Waals surface area contributed by atoms with Crippen molar-refractivity contribution in [3.63, 3.8) is 0 Å². The Morgan fingerprint density at radius 3 is 2.43 bits per heavy atom. The number of carbonyl (C=O) groups excluding carboxylic acids is 1. The van der Waals surface area contributed by atoms with Crippen LogP contribution in [0.5, 0.6) is 0 Å². The number of hydrogen-bond acceptors (Lipinski definition) is 3. The number of alkyl carbamates (subject to hydrolysis) is 1. The molecule has 1 aromatic rings. The zero-order valence-electron chi connectivity index (χ0n) is 14.4. The molecule has 0 radical (unpaired) electrons. The molecule has 0 aliphatic heterocycles. The van der Waals surface area contributed by atoms with Gasteiger partial charge in [-0.3, -0.25) is 0 Å². The van der Waals surface area contributed by atoms with Crippen molar-refractivity contribution in [1.29, 1.82) is 0 Å². The second-order valence-corrected chi connectivity index (χ2v) is 7.73. The number of ether oxygens (including phenoxy) is 1. The Bertz CT molecular complexity index is 525. The van der Waals surface area contributed by atoms with Crippen LogP contribution in [-0.2, 0) is 4.74 Å². The Morgan fingerprint density at radius 1 is 1.22 bits per heavy atom. The Morgan fingerprint density at radius 2 is 1.83 bits per heavy atom. The summed E-state index contributed by atoms with van der Waals surface area (Å²) in [6, 6.07) is 8.77. The van der Waals surface area contributed by atoms with Gasteiger partial charge in [0.1, 0.15) is 5.60 Å². The van der Waals surface area contributed by atoms with Crippen molar-refractivity contribution in [3.05, 3.63) is 34.9 Å². The summed E-state index contributed by atoms with van der Waals surface area (Å²) in [5.41, 5.74) is 0.765. The second-order valence-electron chi connectivity index (χ2n) is 7.29. The van der Waals surface area contributed by atoms with Crippen molar-refractivity contribution in [3.8, 4) is 0 Å². The molecule has 0 bridgehead atoms. The number of amides is 1. The summed E-state index contributed by atoms with van der Waals surface area (Å²) in [5, 5.41) is 7.35. The maximum absolute atomic E-state index is 11.8. The van der Waals surface area contributed by atoms with Gasteiger partial charge in [-0.1, -0.05) is 23.7 Å². The van der Waals surface area contributed by atoms with Crippen molar-refractivity contribution in [2.45, 2.75) is 70.7 Å². The van der Waals surface area contributed by atoms with E-state index in [4.69, 9.17) is 16.3 Å². The minimum absolute atomic E-state index is 0.180. The van der Waals surface area contributed by atoms with Crippen molar-refractivity contribution in [2.24, 2.45) is 0 Å². The molecular weight excluding hydrogens is 312 g/mol. The van der Waals surface area contributed by atoms with E-state index in [1.165, 1.54) is 5.56 Å². The quantitative estimate of drug-likeness (QED) is 0.853. The van der Waals surface area contributed by atoms with Crippen LogP contribution >= 0.6 is 11.6 Å². The lowest BCUT2D eigenvalue weighted by Crippen LogP contribution is -2.39. The predicted molar refractivity (Wildman–Crippen MR) is 93.8 cm³/mol. The molecule has 0 aromatic heterocycles. The third kappa shape index (κ3) is 6.04. The van der Waals surface area contributed by atoms with Crippen molar-refractivity contribution >= 4 is 17.7 Å². The summed E-state index contributed by atoms with van der Waals surface area (Å²) in [6.07, 6.45) is 2.63. The van der Waals surface area contributed by atoms with Gasteiger partial charge in [0, 0.05) is 23.1 Å². The standard InChI is InChI=1S/C18H27ClN2O2/c1-12(13-5-7-14(19)8-6-13)20-15-9-10-16(11-15)21-17(22)23-18(2,3)4/h5-8,12,15-16,20H,9-11H2,1-4H3,(H,21,22). The van der Waals surface area contributed by atoms with Gasteiger partial charge >= 0.3 is 6.09 Å². The summed E-state index contributed by atoms with van der Waals surface area (Å²) in [6.45, 7) is 7.77. The highest BCUT2D eigenvalue weighted by molar-refractivity contribution is 6.30. The monoisotopic (exact) mass is 338 g/mol. The molecule has 2 N–H and O–H groups in total. The number of benzene rings is 1. The summed E-state index contributed by atoms with van der Waals surface area (Å²) >= 11 is 5.93. The Labute approximate surface area is 143 Å². The van der Waals surface area contributed by atoms with Crippen LogP contribution in [0.4, 0.5) is 4.79 Å².